The van der Waals surface area contributed by atoms with Gasteiger partial charge in [0.15, 0.2) is 0 Å². The zero-order valence-corrected chi connectivity index (χ0v) is 15.4. The fraction of sp³-hybridized carbons (Fsp3) is 0.409. The number of amides is 1. The molecule has 1 saturated heterocycles. The quantitative estimate of drug-likeness (QED) is 0.835. The molecule has 0 bridgehead atoms. The molecule has 0 aliphatic carbocycles. The first-order chi connectivity index (χ1) is 12.7. The van der Waals surface area contributed by atoms with Crippen LogP contribution >= 0.6 is 0 Å². The number of fused-ring (bicyclic) bond motifs is 1. The van der Waals surface area contributed by atoms with Crippen LogP contribution in [-0.2, 0) is 10.2 Å². The van der Waals surface area contributed by atoms with Crippen molar-refractivity contribution in [2.75, 3.05) is 39.8 Å². The second-order valence-corrected chi connectivity index (χ2v) is 7.32. The number of rotatable bonds is 2. The van der Waals surface area contributed by atoms with E-state index >= 15 is 0 Å². The normalized spacial score (nSPS) is 23.7. The monoisotopic (exact) mass is 350 g/mol. The number of carbonyl (C=O) groups is 1. The van der Waals surface area contributed by atoms with Crippen LogP contribution in [0.5, 0.6) is 5.75 Å². The topological polar surface area (TPSA) is 32.8 Å². The summed E-state index contributed by atoms with van der Waals surface area (Å²) in [5.74, 6) is 1.06. The Labute approximate surface area is 155 Å². The smallest absolute Gasteiger partial charge is 0.237 e. The largest absolute Gasteiger partial charge is 0.493 e. The van der Waals surface area contributed by atoms with Crippen LogP contribution in [0.3, 0.4) is 0 Å². The third kappa shape index (κ3) is 2.88. The summed E-state index contributed by atoms with van der Waals surface area (Å²) in [4.78, 5) is 18.3. The molecule has 2 aromatic carbocycles. The first-order valence-electron chi connectivity index (χ1n) is 9.47. The van der Waals surface area contributed by atoms with Gasteiger partial charge in [0, 0.05) is 31.7 Å². The lowest BCUT2D eigenvalue weighted by atomic mass is 9.70. The first-order valence-corrected chi connectivity index (χ1v) is 9.47. The summed E-state index contributed by atoms with van der Waals surface area (Å²) in [5.41, 5.74) is 1.42. The highest BCUT2D eigenvalue weighted by molar-refractivity contribution is 5.93. The molecule has 0 aromatic heterocycles. The summed E-state index contributed by atoms with van der Waals surface area (Å²) in [6, 6.07) is 18.3. The predicted octanol–water partition coefficient (Wildman–Crippen LogP) is 2.92. The van der Waals surface area contributed by atoms with E-state index in [1.807, 2.05) is 36.4 Å². The Morgan fingerprint density at radius 2 is 1.65 bits per heavy atom. The van der Waals surface area contributed by atoms with Crippen molar-refractivity contribution in [1.82, 2.24) is 9.80 Å². The average molecular weight is 350 g/mol. The van der Waals surface area contributed by atoms with Crippen LogP contribution in [0.15, 0.2) is 54.6 Å². The number of para-hydroxylation sites is 1. The summed E-state index contributed by atoms with van der Waals surface area (Å²) in [6.07, 6.45) is 1.64. The Bertz CT molecular complexity index is 769. The van der Waals surface area contributed by atoms with Gasteiger partial charge in [0.1, 0.15) is 11.2 Å². The standard InChI is InChI=1S/C22H26N2O2/c1-23-13-15-24(16-14-23)21(25)22(18-8-3-2-4-9-18)12-7-17-26-20-11-6-5-10-19(20)22/h2-6,8-11H,7,12-17H2,1H3. The SMILES string of the molecule is CN1CCN(C(=O)C2(c3ccccc3)CCCOc3ccccc32)CC1. The number of nitrogens with zero attached hydrogens (tertiary/aromatic N) is 2. The van der Waals surface area contributed by atoms with Crippen LogP contribution in [0.4, 0.5) is 0 Å². The zero-order chi connectivity index (χ0) is 18.0. The number of hydrogen-bond acceptors (Lipinski definition) is 3. The van der Waals surface area contributed by atoms with Crippen molar-refractivity contribution < 1.29 is 9.53 Å². The highest BCUT2D eigenvalue weighted by Gasteiger charge is 2.47. The van der Waals surface area contributed by atoms with Crippen LogP contribution < -0.4 is 4.74 Å². The van der Waals surface area contributed by atoms with E-state index in [1.165, 1.54) is 0 Å². The second kappa shape index (κ2) is 7.12. The number of benzene rings is 2. The maximum atomic E-state index is 13.9. The van der Waals surface area contributed by atoms with Gasteiger partial charge in [0.05, 0.1) is 6.61 Å². The highest BCUT2D eigenvalue weighted by Crippen LogP contribution is 2.44. The van der Waals surface area contributed by atoms with Gasteiger partial charge >= 0.3 is 0 Å². The molecule has 0 spiro atoms. The van der Waals surface area contributed by atoms with E-state index in [1.54, 1.807) is 0 Å². The molecule has 136 valence electrons. The molecule has 26 heavy (non-hydrogen) atoms. The molecule has 4 nitrogen and oxygen atoms in total. The van der Waals surface area contributed by atoms with Crippen LogP contribution in [0.1, 0.15) is 24.0 Å². The van der Waals surface area contributed by atoms with Crippen molar-refractivity contribution in [3.05, 3.63) is 65.7 Å². The third-order valence-electron chi connectivity index (χ3n) is 5.72. The Morgan fingerprint density at radius 3 is 2.42 bits per heavy atom. The highest BCUT2D eigenvalue weighted by atomic mass is 16.5. The molecule has 0 radical (unpaired) electrons. The number of piperazine rings is 1. The van der Waals surface area contributed by atoms with Gasteiger partial charge in [0.25, 0.3) is 0 Å². The van der Waals surface area contributed by atoms with E-state index < -0.39 is 5.41 Å². The molecular weight excluding hydrogens is 324 g/mol. The third-order valence-corrected chi connectivity index (χ3v) is 5.72. The molecule has 1 amide bonds. The average Bonchev–Trinajstić information content (AvgIpc) is 2.89. The minimum absolute atomic E-state index is 0.217. The molecule has 2 aromatic rings. The first kappa shape index (κ1) is 17.1. The van der Waals surface area contributed by atoms with Crippen molar-refractivity contribution in [2.24, 2.45) is 0 Å². The lowest BCUT2D eigenvalue weighted by Gasteiger charge is -2.41. The second-order valence-electron chi connectivity index (χ2n) is 7.32. The van der Waals surface area contributed by atoms with E-state index in [0.29, 0.717) is 6.61 Å². The van der Waals surface area contributed by atoms with E-state index in [-0.39, 0.29) is 5.91 Å². The van der Waals surface area contributed by atoms with Crippen LogP contribution in [0.25, 0.3) is 0 Å². The molecule has 1 unspecified atom stereocenters. The fourth-order valence-corrected chi connectivity index (χ4v) is 4.25. The van der Waals surface area contributed by atoms with Crippen molar-refractivity contribution in [2.45, 2.75) is 18.3 Å². The van der Waals surface area contributed by atoms with Gasteiger partial charge in [-0.3, -0.25) is 4.79 Å². The predicted molar refractivity (Wildman–Crippen MR) is 102 cm³/mol. The lowest BCUT2D eigenvalue weighted by molar-refractivity contribution is -0.137. The molecule has 0 saturated carbocycles. The summed E-state index contributed by atoms with van der Waals surface area (Å²) < 4.78 is 6.00. The van der Waals surface area contributed by atoms with E-state index in [0.717, 1.165) is 55.9 Å². The Kier molecular flexibility index (Phi) is 4.68. The minimum Gasteiger partial charge on any atom is -0.493 e. The van der Waals surface area contributed by atoms with Crippen LogP contribution in [0, 0.1) is 0 Å². The number of ether oxygens (including phenoxy) is 1. The summed E-state index contributed by atoms with van der Waals surface area (Å²) in [6.45, 7) is 4.07. The maximum absolute atomic E-state index is 13.9. The van der Waals surface area contributed by atoms with Crippen molar-refractivity contribution in [1.29, 1.82) is 0 Å². The number of carbonyl (C=O) groups excluding carboxylic acids is 1. The van der Waals surface area contributed by atoms with E-state index in [2.05, 4.69) is 35.0 Å². The molecule has 2 aliphatic heterocycles. The molecular formula is C22H26N2O2. The lowest BCUT2D eigenvalue weighted by Crippen LogP contribution is -2.54. The van der Waals surface area contributed by atoms with E-state index in [4.69, 9.17) is 4.74 Å². The van der Waals surface area contributed by atoms with Gasteiger partial charge in [-0.15, -0.1) is 0 Å². The molecule has 1 atom stereocenters. The summed E-state index contributed by atoms with van der Waals surface area (Å²) >= 11 is 0. The van der Waals surface area contributed by atoms with Gasteiger partial charge in [-0.25, -0.2) is 0 Å². The van der Waals surface area contributed by atoms with Gasteiger partial charge in [0.2, 0.25) is 5.91 Å². The Morgan fingerprint density at radius 1 is 0.962 bits per heavy atom. The van der Waals surface area contributed by atoms with Crippen LogP contribution in [0.2, 0.25) is 0 Å². The van der Waals surface area contributed by atoms with Gasteiger partial charge in [-0.05, 0) is 31.5 Å². The maximum Gasteiger partial charge on any atom is 0.237 e. The molecule has 4 rings (SSSR count). The van der Waals surface area contributed by atoms with Crippen LogP contribution in [-0.4, -0.2) is 55.5 Å². The Balaban J connectivity index is 1.85. The molecule has 1 fully saturated rings. The molecule has 4 heteroatoms. The fourth-order valence-electron chi connectivity index (χ4n) is 4.25. The van der Waals surface area contributed by atoms with Gasteiger partial charge in [-0.1, -0.05) is 48.5 Å². The molecule has 0 N–H and O–H groups in total. The van der Waals surface area contributed by atoms with Crippen molar-refractivity contribution in [3.8, 4) is 5.75 Å². The summed E-state index contributed by atoms with van der Waals surface area (Å²) in [5, 5.41) is 0. The molecule has 2 heterocycles. The summed E-state index contributed by atoms with van der Waals surface area (Å²) in [7, 11) is 2.11. The minimum atomic E-state index is -0.662. The van der Waals surface area contributed by atoms with Gasteiger partial charge in [-0.2, -0.15) is 0 Å². The zero-order valence-electron chi connectivity index (χ0n) is 15.4. The van der Waals surface area contributed by atoms with Crippen molar-refractivity contribution >= 4 is 5.91 Å². The van der Waals surface area contributed by atoms with Gasteiger partial charge < -0.3 is 14.5 Å². The Hall–Kier alpha value is -2.33. The van der Waals surface area contributed by atoms with Crippen molar-refractivity contribution in [3.63, 3.8) is 0 Å². The number of likely N-dealkylation sites (N-methyl/N-ethyl adjacent to an activating group) is 1. The molecule has 2 aliphatic rings. The van der Waals surface area contributed by atoms with E-state index in [9.17, 15) is 4.79 Å². The number of hydrogen-bond donors (Lipinski definition) is 0.